The van der Waals surface area contributed by atoms with Gasteiger partial charge in [0.15, 0.2) is 6.04 Å². The minimum atomic E-state index is -0.821. The van der Waals surface area contributed by atoms with Gasteiger partial charge in [-0.3, -0.25) is 0 Å². The van der Waals surface area contributed by atoms with Crippen LogP contribution in [0.15, 0.2) is 0 Å². The maximum absolute atomic E-state index is 10.4. The number of aliphatic hydroxyl groups is 1. The molecule has 10 heavy (non-hydrogen) atoms. The fourth-order valence-electron chi connectivity index (χ4n) is 1.20. The number of quaternary nitrogens is 1. The number of hydrogen-bond acceptors (Lipinski definition) is 2. The first kappa shape index (κ1) is 7.50. The number of aliphatic hydroxyl groups excluding tert-OH is 1. The van der Waals surface area contributed by atoms with Gasteiger partial charge in [-0.25, -0.2) is 4.79 Å². The van der Waals surface area contributed by atoms with E-state index in [2.05, 4.69) is 0 Å². The van der Waals surface area contributed by atoms with Gasteiger partial charge < -0.3 is 15.5 Å². The molecule has 0 unspecified atom stereocenters. The third kappa shape index (κ3) is 1.68. The minimum Gasteiger partial charge on any atom is -0.477 e. The molecule has 58 valence electrons. The summed E-state index contributed by atoms with van der Waals surface area (Å²) in [4.78, 5) is 10.4. The Morgan fingerprint density at radius 1 is 1.60 bits per heavy atom. The third-order valence-corrected chi connectivity index (χ3v) is 1.79. The zero-order valence-corrected chi connectivity index (χ0v) is 5.66. The molecular weight excluding hydrogens is 134 g/mol. The van der Waals surface area contributed by atoms with Crippen molar-refractivity contribution in [3.63, 3.8) is 0 Å². The SMILES string of the molecule is O=C(O)[C@H]1C[C@H](O)CC[NH2+]1. The second kappa shape index (κ2) is 2.98. The first-order valence-corrected chi connectivity index (χ1v) is 3.44. The molecule has 1 saturated heterocycles. The van der Waals surface area contributed by atoms with E-state index in [4.69, 9.17) is 10.2 Å². The van der Waals surface area contributed by atoms with Crippen molar-refractivity contribution in [3.8, 4) is 0 Å². The Balaban J connectivity index is 2.39. The third-order valence-electron chi connectivity index (χ3n) is 1.79. The molecule has 0 aromatic rings. The van der Waals surface area contributed by atoms with Gasteiger partial charge in [0.05, 0.1) is 12.6 Å². The largest absolute Gasteiger partial charge is 0.477 e. The second-order valence-electron chi connectivity index (χ2n) is 2.65. The number of carbonyl (C=O) groups is 1. The summed E-state index contributed by atoms with van der Waals surface area (Å²) in [6.45, 7) is 0.720. The van der Waals surface area contributed by atoms with Crippen LogP contribution in [0.25, 0.3) is 0 Å². The average molecular weight is 146 g/mol. The lowest BCUT2D eigenvalue weighted by atomic mass is 10.0. The van der Waals surface area contributed by atoms with Crippen LogP contribution in [-0.4, -0.2) is 34.9 Å². The Labute approximate surface area is 58.9 Å². The van der Waals surface area contributed by atoms with Gasteiger partial charge in [-0.1, -0.05) is 0 Å². The maximum Gasteiger partial charge on any atom is 0.362 e. The van der Waals surface area contributed by atoms with Crippen LogP contribution < -0.4 is 5.32 Å². The van der Waals surface area contributed by atoms with Crippen molar-refractivity contribution in [1.82, 2.24) is 0 Å². The number of rotatable bonds is 1. The van der Waals surface area contributed by atoms with Crippen molar-refractivity contribution < 1.29 is 20.3 Å². The predicted molar refractivity (Wildman–Crippen MR) is 33.5 cm³/mol. The minimum absolute atomic E-state index is 0.384. The van der Waals surface area contributed by atoms with Crippen LogP contribution >= 0.6 is 0 Å². The molecule has 1 aliphatic heterocycles. The van der Waals surface area contributed by atoms with E-state index in [0.717, 1.165) is 6.54 Å². The van der Waals surface area contributed by atoms with Gasteiger partial charge in [0.1, 0.15) is 0 Å². The quantitative estimate of drug-likeness (QED) is 0.407. The lowest BCUT2D eigenvalue weighted by molar-refractivity contribution is -0.688. The van der Waals surface area contributed by atoms with E-state index in [1.165, 1.54) is 0 Å². The number of aliphatic carboxylic acids is 1. The second-order valence-corrected chi connectivity index (χ2v) is 2.65. The molecule has 0 radical (unpaired) electrons. The van der Waals surface area contributed by atoms with Gasteiger partial charge in [-0.05, 0) is 0 Å². The standard InChI is InChI=1S/C6H11NO3/c8-4-1-2-7-5(3-4)6(9)10/h4-5,7-8H,1-3H2,(H,9,10)/p+1/t4-,5-/m1/s1. The number of carboxylic acid groups (broad SMARTS) is 1. The van der Waals surface area contributed by atoms with Gasteiger partial charge in [0, 0.05) is 12.8 Å². The number of carboxylic acids is 1. The molecule has 4 heteroatoms. The van der Waals surface area contributed by atoms with Crippen LogP contribution in [0.1, 0.15) is 12.8 Å². The lowest BCUT2D eigenvalue weighted by Crippen LogP contribution is -2.94. The predicted octanol–water partition coefficient (Wildman–Crippen LogP) is -1.84. The van der Waals surface area contributed by atoms with Gasteiger partial charge in [0.25, 0.3) is 0 Å². The highest BCUT2D eigenvalue weighted by Gasteiger charge is 2.28. The van der Waals surface area contributed by atoms with Crippen molar-refractivity contribution >= 4 is 5.97 Å². The molecular formula is C6H12NO3+. The summed E-state index contributed by atoms with van der Waals surface area (Å²) in [6.07, 6.45) is 0.685. The van der Waals surface area contributed by atoms with Crippen molar-refractivity contribution in [2.75, 3.05) is 6.54 Å². The average Bonchev–Trinajstić information content (AvgIpc) is 1.88. The van der Waals surface area contributed by atoms with Crippen molar-refractivity contribution in [1.29, 1.82) is 0 Å². The molecule has 1 aliphatic rings. The normalized spacial score (nSPS) is 33.7. The number of nitrogens with two attached hydrogens (primary N) is 1. The zero-order chi connectivity index (χ0) is 7.56. The van der Waals surface area contributed by atoms with Crippen LogP contribution in [0.3, 0.4) is 0 Å². The molecule has 2 atom stereocenters. The Kier molecular flexibility index (Phi) is 2.24. The molecule has 4 nitrogen and oxygen atoms in total. The van der Waals surface area contributed by atoms with Gasteiger partial charge in [-0.2, -0.15) is 0 Å². The highest BCUT2D eigenvalue weighted by molar-refractivity contribution is 5.71. The molecule has 0 spiro atoms. The monoisotopic (exact) mass is 146 g/mol. The molecule has 1 rings (SSSR count). The highest BCUT2D eigenvalue weighted by Crippen LogP contribution is 2.02. The first-order chi connectivity index (χ1) is 4.70. The fourth-order valence-corrected chi connectivity index (χ4v) is 1.20. The Hall–Kier alpha value is -0.610. The summed E-state index contributed by atoms with van der Waals surface area (Å²) in [5, 5.41) is 19.3. The Bertz CT molecular complexity index is 137. The molecule has 4 N–H and O–H groups in total. The molecule has 1 heterocycles. The summed E-state index contributed by atoms with van der Waals surface area (Å²) in [5.41, 5.74) is 0. The lowest BCUT2D eigenvalue weighted by Gasteiger charge is -2.20. The topological polar surface area (TPSA) is 74.1 Å². The van der Waals surface area contributed by atoms with E-state index in [0.29, 0.717) is 12.8 Å². The van der Waals surface area contributed by atoms with Crippen molar-refractivity contribution in [3.05, 3.63) is 0 Å². The first-order valence-electron chi connectivity index (χ1n) is 3.44. The van der Waals surface area contributed by atoms with Crippen LogP contribution in [0.2, 0.25) is 0 Å². The van der Waals surface area contributed by atoms with Crippen LogP contribution in [0, 0.1) is 0 Å². The van der Waals surface area contributed by atoms with E-state index in [-0.39, 0.29) is 0 Å². The van der Waals surface area contributed by atoms with Gasteiger partial charge in [-0.15, -0.1) is 0 Å². The number of piperidine rings is 1. The van der Waals surface area contributed by atoms with E-state index in [1.807, 2.05) is 0 Å². The summed E-state index contributed by atoms with van der Waals surface area (Å²) in [7, 11) is 0. The summed E-state index contributed by atoms with van der Waals surface area (Å²) in [5.74, 6) is -0.821. The molecule has 1 fully saturated rings. The molecule has 0 saturated carbocycles. The summed E-state index contributed by atoms with van der Waals surface area (Å²) in [6, 6.07) is -0.427. The van der Waals surface area contributed by atoms with Crippen LogP contribution in [-0.2, 0) is 4.79 Å². The zero-order valence-electron chi connectivity index (χ0n) is 5.66. The van der Waals surface area contributed by atoms with Crippen molar-refractivity contribution in [2.24, 2.45) is 0 Å². The molecule has 0 bridgehead atoms. The van der Waals surface area contributed by atoms with E-state index in [1.54, 1.807) is 5.32 Å². The Morgan fingerprint density at radius 3 is 2.70 bits per heavy atom. The molecule has 0 aromatic carbocycles. The fraction of sp³-hybridized carbons (Fsp3) is 0.833. The van der Waals surface area contributed by atoms with Crippen LogP contribution in [0.4, 0.5) is 0 Å². The summed E-state index contributed by atoms with van der Waals surface area (Å²) >= 11 is 0. The summed E-state index contributed by atoms with van der Waals surface area (Å²) < 4.78 is 0. The smallest absolute Gasteiger partial charge is 0.362 e. The van der Waals surface area contributed by atoms with Crippen LogP contribution in [0.5, 0.6) is 0 Å². The van der Waals surface area contributed by atoms with E-state index < -0.39 is 18.1 Å². The van der Waals surface area contributed by atoms with Crippen molar-refractivity contribution in [2.45, 2.75) is 25.0 Å². The molecule has 0 amide bonds. The maximum atomic E-state index is 10.4. The molecule has 0 aliphatic carbocycles. The van der Waals surface area contributed by atoms with Gasteiger partial charge in [0.2, 0.25) is 0 Å². The highest BCUT2D eigenvalue weighted by atomic mass is 16.4. The number of hydrogen-bond donors (Lipinski definition) is 3. The Morgan fingerprint density at radius 2 is 2.30 bits per heavy atom. The van der Waals surface area contributed by atoms with E-state index >= 15 is 0 Å². The van der Waals surface area contributed by atoms with E-state index in [9.17, 15) is 4.79 Å². The van der Waals surface area contributed by atoms with Gasteiger partial charge >= 0.3 is 5.97 Å². The molecule has 0 aromatic heterocycles.